The summed E-state index contributed by atoms with van der Waals surface area (Å²) in [7, 11) is 0. The Labute approximate surface area is 100 Å². The van der Waals surface area contributed by atoms with E-state index >= 15 is 0 Å². The molecule has 1 N–H and O–H groups in total. The van der Waals surface area contributed by atoms with Gasteiger partial charge in [-0.15, -0.1) is 0 Å². The monoisotopic (exact) mass is 245 g/mol. The number of halogens is 1. The molecule has 15 heavy (non-hydrogen) atoms. The molecule has 0 unspecified atom stereocenters. The molecule has 0 bridgehead atoms. The first-order valence-electron chi connectivity index (χ1n) is 4.73. The maximum Gasteiger partial charge on any atom is 0.190 e. The van der Waals surface area contributed by atoms with E-state index in [2.05, 4.69) is 36.1 Å². The maximum atomic E-state index is 5.87. The van der Waals surface area contributed by atoms with E-state index in [0.29, 0.717) is 10.3 Å². The second-order valence-corrected chi connectivity index (χ2v) is 5.64. The second kappa shape index (κ2) is 5.03. The van der Waals surface area contributed by atoms with Gasteiger partial charge in [-0.2, -0.15) is 0 Å². The van der Waals surface area contributed by atoms with Crippen LogP contribution in [0.25, 0.3) is 0 Å². The fourth-order valence-corrected chi connectivity index (χ4v) is 1.55. The smallest absolute Gasteiger partial charge is 0.190 e. The van der Waals surface area contributed by atoms with Crippen molar-refractivity contribution in [2.45, 2.75) is 25.9 Å². The lowest BCUT2D eigenvalue weighted by atomic mass is 9.97. The fraction of sp³-hybridized carbons (Fsp3) is 0.600. The lowest BCUT2D eigenvalue weighted by Crippen LogP contribution is -2.19. The van der Waals surface area contributed by atoms with Gasteiger partial charge < -0.3 is 5.32 Å². The molecule has 0 aliphatic carbocycles. The highest BCUT2D eigenvalue weighted by Gasteiger charge is 2.10. The number of hydrogen-bond acceptors (Lipinski definition) is 4. The standard InChI is InChI=1S/C10H16ClN3S/c1-10(2,3)6-12-8-5-7(11)13-9(14-8)15-4/h5H,6H2,1-4H3,(H,12,13,14). The van der Waals surface area contributed by atoms with E-state index in [9.17, 15) is 0 Å². The van der Waals surface area contributed by atoms with E-state index in [0.717, 1.165) is 12.4 Å². The molecule has 0 spiro atoms. The zero-order valence-electron chi connectivity index (χ0n) is 9.47. The summed E-state index contributed by atoms with van der Waals surface area (Å²) in [6.07, 6.45) is 1.93. The lowest BCUT2D eigenvalue weighted by molar-refractivity contribution is 0.442. The summed E-state index contributed by atoms with van der Waals surface area (Å²) < 4.78 is 0. The molecule has 0 radical (unpaired) electrons. The number of hydrogen-bond donors (Lipinski definition) is 1. The first kappa shape index (κ1) is 12.6. The molecular weight excluding hydrogens is 230 g/mol. The summed E-state index contributed by atoms with van der Waals surface area (Å²) in [6, 6.07) is 1.74. The molecule has 0 saturated heterocycles. The predicted octanol–water partition coefficient (Wildman–Crippen LogP) is 3.31. The minimum Gasteiger partial charge on any atom is -0.369 e. The maximum absolute atomic E-state index is 5.87. The van der Waals surface area contributed by atoms with E-state index in [-0.39, 0.29) is 5.41 Å². The molecular formula is C10H16ClN3S. The van der Waals surface area contributed by atoms with Crippen LogP contribution in [-0.4, -0.2) is 22.8 Å². The molecule has 0 aliphatic heterocycles. The molecule has 84 valence electrons. The van der Waals surface area contributed by atoms with E-state index in [1.165, 1.54) is 11.8 Å². The molecule has 0 aromatic carbocycles. The molecule has 1 rings (SSSR count). The summed E-state index contributed by atoms with van der Waals surface area (Å²) >= 11 is 7.36. The third kappa shape index (κ3) is 4.71. The van der Waals surface area contributed by atoms with Crippen molar-refractivity contribution in [2.24, 2.45) is 5.41 Å². The van der Waals surface area contributed by atoms with Gasteiger partial charge in [0.1, 0.15) is 11.0 Å². The van der Waals surface area contributed by atoms with E-state index < -0.39 is 0 Å². The van der Waals surface area contributed by atoms with Gasteiger partial charge in [0.2, 0.25) is 0 Å². The van der Waals surface area contributed by atoms with Crippen LogP contribution in [0.5, 0.6) is 0 Å². The Hall–Kier alpha value is -0.480. The summed E-state index contributed by atoms with van der Waals surface area (Å²) in [5.41, 5.74) is 0.219. The van der Waals surface area contributed by atoms with Gasteiger partial charge in [-0.3, -0.25) is 0 Å². The van der Waals surface area contributed by atoms with Crippen molar-refractivity contribution in [1.82, 2.24) is 9.97 Å². The molecule has 1 heterocycles. The molecule has 0 aliphatic rings. The Balaban J connectivity index is 2.73. The fourth-order valence-electron chi connectivity index (χ4n) is 0.934. The molecule has 0 saturated carbocycles. The van der Waals surface area contributed by atoms with Crippen molar-refractivity contribution in [3.63, 3.8) is 0 Å². The Morgan fingerprint density at radius 2 is 2.07 bits per heavy atom. The van der Waals surface area contributed by atoms with Crippen LogP contribution in [0.15, 0.2) is 11.2 Å². The van der Waals surface area contributed by atoms with Crippen LogP contribution in [0.3, 0.4) is 0 Å². The van der Waals surface area contributed by atoms with Crippen molar-refractivity contribution in [3.8, 4) is 0 Å². The van der Waals surface area contributed by atoms with Gasteiger partial charge in [-0.05, 0) is 11.7 Å². The van der Waals surface area contributed by atoms with Crippen molar-refractivity contribution in [2.75, 3.05) is 18.1 Å². The second-order valence-electron chi connectivity index (χ2n) is 4.48. The zero-order chi connectivity index (χ0) is 11.5. The highest BCUT2D eigenvalue weighted by Crippen LogP contribution is 2.19. The van der Waals surface area contributed by atoms with Crippen LogP contribution in [0.2, 0.25) is 5.15 Å². The topological polar surface area (TPSA) is 37.8 Å². The lowest BCUT2D eigenvalue weighted by Gasteiger charge is -2.19. The van der Waals surface area contributed by atoms with Crippen molar-refractivity contribution < 1.29 is 0 Å². The molecule has 1 aromatic rings. The van der Waals surface area contributed by atoms with Gasteiger partial charge >= 0.3 is 0 Å². The number of anilines is 1. The molecule has 0 fully saturated rings. The highest BCUT2D eigenvalue weighted by atomic mass is 35.5. The van der Waals surface area contributed by atoms with Gasteiger partial charge in [-0.1, -0.05) is 44.1 Å². The number of rotatable bonds is 3. The van der Waals surface area contributed by atoms with E-state index in [4.69, 9.17) is 11.6 Å². The molecule has 1 aromatic heterocycles. The van der Waals surface area contributed by atoms with Crippen LogP contribution < -0.4 is 5.32 Å². The third-order valence-electron chi connectivity index (χ3n) is 1.66. The van der Waals surface area contributed by atoms with Crippen LogP contribution in [0.1, 0.15) is 20.8 Å². The Morgan fingerprint density at radius 3 is 2.60 bits per heavy atom. The van der Waals surface area contributed by atoms with E-state index in [1.807, 2.05) is 6.26 Å². The minimum absolute atomic E-state index is 0.219. The first-order chi connectivity index (χ1) is 6.90. The Morgan fingerprint density at radius 1 is 1.40 bits per heavy atom. The Bertz CT molecular complexity index is 336. The number of nitrogens with one attached hydrogen (secondary N) is 1. The van der Waals surface area contributed by atoms with Crippen LogP contribution in [0.4, 0.5) is 5.82 Å². The summed E-state index contributed by atoms with van der Waals surface area (Å²) in [6.45, 7) is 7.35. The largest absolute Gasteiger partial charge is 0.369 e. The SMILES string of the molecule is CSc1nc(Cl)cc(NCC(C)(C)C)n1. The molecule has 0 atom stereocenters. The quantitative estimate of drug-likeness (QED) is 0.504. The van der Waals surface area contributed by atoms with Crippen molar-refractivity contribution in [3.05, 3.63) is 11.2 Å². The number of aromatic nitrogens is 2. The van der Waals surface area contributed by atoms with Gasteiger partial charge in [0, 0.05) is 12.6 Å². The van der Waals surface area contributed by atoms with Crippen LogP contribution in [-0.2, 0) is 0 Å². The molecule has 3 nitrogen and oxygen atoms in total. The first-order valence-corrected chi connectivity index (χ1v) is 6.33. The van der Waals surface area contributed by atoms with Crippen LogP contribution >= 0.6 is 23.4 Å². The number of nitrogens with zero attached hydrogens (tertiary/aromatic N) is 2. The number of thioether (sulfide) groups is 1. The van der Waals surface area contributed by atoms with Gasteiger partial charge in [0.15, 0.2) is 5.16 Å². The van der Waals surface area contributed by atoms with E-state index in [1.54, 1.807) is 6.07 Å². The highest BCUT2D eigenvalue weighted by molar-refractivity contribution is 7.98. The van der Waals surface area contributed by atoms with Gasteiger partial charge in [-0.25, -0.2) is 9.97 Å². The summed E-state index contributed by atoms with van der Waals surface area (Å²) in [4.78, 5) is 8.39. The third-order valence-corrected chi connectivity index (χ3v) is 2.40. The minimum atomic E-state index is 0.219. The predicted molar refractivity (Wildman–Crippen MR) is 66.8 cm³/mol. The van der Waals surface area contributed by atoms with Crippen molar-refractivity contribution in [1.29, 1.82) is 0 Å². The van der Waals surface area contributed by atoms with Crippen molar-refractivity contribution >= 4 is 29.2 Å². The van der Waals surface area contributed by atoms with Gasteiger partial charge in [0.05, 0.1) is 0 Å². The average Bonchev–Trinajstić information content (AvgIpc) is 2.13. The zero-order valence-corrected chi connectivity index (χ0v) is 11.0. The molecule has 5 heteroatoms. The molecule has 0 amide bonds. The average molecular weight is 246 g/mol. The summed E-state index contributed by atoms with van der Waals surface area (Å²) in [5, 5.41) is 4.42. The summed E-state index contributed by atoms with van der Waals surface area (Å²) in [5.74, 6) is 0.786. The Kier molecular flexibility index (Phi) is 4.22. The normalized spacial score (nSPS) is 11.5. The van der Waals surface area contributed by atoms with Crippen LogP contribution in [0, 0.1) is 5.41 Å². The van der Waals surface area contributed by atoms with Gasteiger partial charge in [0.25, 0.3) is 0 Å².